The van der Waals surface area contributed by atoms with E-state index in [0.29, 0.717) is 0 Å². The molecular weight excluding hydrogens is 278 g/mol. The molecular formula is C17H29N3S. The van der Waals surface area contributed by atoms with Crippen LogP contribution < -0.4 is 10.2 Å². The van der Waals surface area contributed by atoms with Crippen molar-refractivity contribution in [1.82, 2.24) is 10.3 Å². The minimum absolute atomic E-state index is 0.778. The van der Waals surface area contributed by atoms with E-state index in [1.54, 1.807) is 0 Å². The average Bonchev–Trinajstić information content (AvgIpc) is 3.24. The molecule has 0 amide bonds. The Kier molecular flexibility index (Phi) is 5.17. The molecule has 3 nitrogen and oxygen atoms in total. The zero-order valence-corrected chi connectivity index (χ0v) is 14.3. The molecule has 1 heterocycles. The highest BCUT2D eigenvalue weighted by Gasteiger charge is 2.22. The second-order valence-electron chi connectivity index (χ2n) is 6.76. The largest absolute Gasteiger partial charge is 0.351 e. The summed E-state index contributed by atoms with van der Waals surface area (Å²) in [5.41, 5.74) is 1.30. The number of aryl methyl sites for hydroxylation is 1. The summed E-state index contributed by atoms with van der Waals surface area (Å²) in [4.78, 5) is 8.75. The SMILES string of the molecule is CCc1nc(N(C)CC2CCCCC2)sc1CNC1CC1. The van der Waals surface area contributed by atoms with E-state index in [4.69, 9.17) is 4.98 Å². The Morgan fingerprint density at radius 3 is 2.62 bits per heavy atom. The van der Waals surface area contributed by atoms with Crippen molar-refractivity contribution in [2.24, 2.45) is 5.92 Å². The number of nitrogens with zero attached hydrogens (tertiary/aromatic N) is 2. The summed E-state index contributed by atoms with van der Waals surface area (Å²) in [6.45, 7) is 4.43. The molecule has 2 aliphatic rings. The second kappa shape index (κ2) is 7.10. The van der Waals surface area contributed by atoms with Crippen LogP contribution in [-0.4, -0.2) is 24.6 Å². The van der Waals surface area contributed by atoms with E-state index in [0.717, 1.165) is 24.9 Å². The fourth-order valence-electron chi connectivity index (χ4n) is 3.31. The molecule has 118 valence electrons. The lowest BCUT2D eigenvalue weighted by Crippen LogP contribution is -2.26. The van der Waals surface area contributed by atoms with Crippen LogP contribution in [0.25, 0.3) is 0 Å². The predicted molar refractivity (Wildman–Crippen MR) is 91.2 cm³/mol. The van der Waals surface area contributed by atoms with Gasteiger partial charge in [0.05, 0.1) is 5.69 Å². The second-order valence-corrected chi connectivity index (χ2v) is 7.82. The van der Waals surface area contributed by atoms with Crippen molar-refractivity contribution in [1.29, 1.82) is 0 Å². The lowest BCUT2D eigenvalue weighted by Gasteiger charge is -2.26. The van der Waals surface area contributed by atoms with Gasteiger partial charge in [-0.15, -0.1) is 11.3 Å². The van der Waals surface area contributed by atoms with Crippen molar-refractivity contribution in [3.05, 3.63) is 10.6 Å². The van der Waals surface area contributed by atoms with E-state index >= 15 is 0 Å². The maximum absolute atomic E-state index is 4.90. The van der Waals surface area contributed by atoms with Gasteiger partial charge >= 0.3 is 0 Å². The molecule has 1 aromatic rings. The Hall–Kier alpha value is -0.610. The van der Waals surface area contributed by atoms with Gasteiger partial charge in [0.15, 0.2) is 5.13 Å². The minimum Gasteiger partial charge on any atom is -0.351 e. The summed E-state index contributed by atoms with van der Waals surface area (Å²) in [5.74, 6) is 0.880. The predicted octanol–water partition coefficient (Wildman–Crippen LogP) is 3.97. The van der Waals surface area contributed by atoms with E-state index in [9.17, 15) is 0 Å². The third-order valence-corrected chi connectivity index (χ3v) is 6.03. The van der Waals surface area contributed by atoms with Gasteiger partial charge in [-0.1, -0.05) is 26.2 Å². The smallest absolute Gasteiger partial charge is 0.185 e. The van der Waals surface area contributed by atoms with Crippen molar-refractivity contribution >= 4 is 16.5 Å². The first-order valence-corrected chi connectivity index (χ1v) is 9.51. The molecule has 0 radical (unpaired) electrons. The monoisotopic (exact) mass is 307 g/mol. The average molecular weight is 308 g/mol. The summed E-state index contributed by atoms with van der Waals surface area (Å²) < 4.78 is 0. The molecule has 0 atom stereocenters. The molecule has 2 fully saturated rings. The zero-order chi connectivity index (χ0) is 14.7. The minimum atomic E-state index is 0.778. The molecule has 0 aromatic carbocycles. The fraction of sp³-hybridized carbons (Fsp3) is 0.824. The summed E-state index contributed by atoms with van der Waals surface area (Å²) in [6, 6.07) is 0.778. The van der Waals surface area contributed by atoms with Crippen LogP contribution in [-0.2, 0) is 13.0 Å². The van der Waals surface area contributed by atoms with Gasteiger partial charge in [0.2, 0.25) is 0 Å². The van der Waals surface area contributed by atoms with Crippen LogP contribution in [0.4, 0.5) is 5.13 Å². The van der Waals surface area contributed by atoms with Gasteiger partial charge in [0, 0.05) is 31.1 Å². The lowest BCUT2D eigenvalue weighted by atomic mass is 9.89. The molecule has 0 bridgehead atoms. The summed E-state index contributed by atoms with van der Waals surface area (Å²) in [5, 5.41) is 4.86. The Labute approximate surface area is 133 Å². The molecule has 21 heavy (non-hydrogen) atoms. The molecule has 1 aromatic heterocycles. The quantitative estimate of drug-likeness (QED) is 0.826. The molecule has 0 aliphatic heterocycles. The summed E-state index contributed by atoms with van der Waals surface area (Å²) in [7, 11) is 2.23. The molecule has 3 rings (SSSR count). The highest BCUT2D eigenvalue weighted by atomic mass is 32.1. The molecule has 0 saturated heterocycles. The van der Waals surface area contributed by atoms with Crippen LogP contribution in [0.3, 0.4) is 0 Å². The van der Waals surface area contributed by atoms with Crippen molar-refractivity contribution in [3.8, 4) is 0 Å². The van der Waals surface area contributed by atoms with Crippen LogP contribution >= 0.6 is 11.3 Å². The third kappa shape index (κ3) is 4.19. The summed E-state index contributed by atoms with van der Waals surface area (Å²) in [6.07, 6.45) is 10.9. The highest BCUT2D eigenvalue weighted by molar-refractivity contribution is 7.15. The Morgan fingerprint density at radius 2 is 1.95 bits per heavy atom. The Balaban J connectivity index is 1.59. The third-order valence-electron chi connectivity index (χ3n) is 4.81. The number of rotatable bonds is 7. The van der Waals surface area contributed by atoms with Gasteiger partial charge in [-0.3, -0.25) is 0 Å². The van der Waals surface area contributed by atoms with Crippen molar-refractivity contribution < 1.29 is 0 Å². The van der Waals surface area contributed by atoms with Crippen LogP contribution in [0.1, 0.15) is 62.4 Å². The number of anilines is 1. The van der Waals surface area contributed by atoms with E-state index in [1.807, 2.05) is 11.3 Å². The first-order valence-electron chi connectivity index (χ1n) is 8.69. The van der Waals surface area contributed by atoms with E-state index in [1.165, 1.54) is 67.2 Å². The molecule has 2 aliphatic carbocycles. The standard InChI is InChI=1S/C17H29N3S/c1-3-15-16(11-18-14-9-10-14)21-17(19-15)20(2)12-13-7-5-4-6-8-13/h13-14,18H,3-12H2,1-2H3. The van der Waals surface area contributed by atoms with E-state index < -0.39 is 0 Å². The van der Waals surface area contributed by atoms with Gasteiger partial charge in [-0.25, -0.2) is 4.98 Å². The number of hydrogen-bond acceptors (Lipinski definition) is 4. The van der Waals surface area contributed by atoms with E-state index in [-0.39, 0.29) is 0 Å². The lowest BCUT2D eigenvalue weighted by molar-refractivity contribution is 0.362. The zero-order valence-electron chi connectivity index (χ0n) is 13.5. The number of aromatic nitrogens is 1. The maximum Gasteiger partial charge on any atom is 0.185 e. The van der Waals surface area contributed by atoms with Gasteiger partial charge in [0.25, 0.3) is 0 Å². The first kappa shape index (κ1) is 15.3. The van der Waals surface area contributed by atoms with E-state index in [2.05, 4.69) is 24.2 Å². The van der Waals surface area contributed by atoms with Gasteiger partial charge in [0.1, 0.15) is 0 Å². The molecule has 4 heteroatoms. The van der Waals surface area contributed by atoms with Gasteiger partial charge < -0.3 is 10.2 Å². The van der Waals surface area contributed by atoms with Crippen LogP contribution in [0.5, 0.6) is 0 Å². The number of nitrogens with one attached hydrogen (secondary N) is 1. The van der Waals surface area contributed by atoms with Crippen molar-refractivity contribution in [2.45, 2.75) is 70.9 Å². The molecule has 0 spiro atoms. The van der Waals surface area contributed by atoms with Gasteiger partial charge in [-0.05, 0) is 38.0 Å². The van der Waals surface area contributed by atoms with Crippen LogP contribution in [0.15, 0.2) is 0 Å². The topological polar surface area (TPSA) is 28.2 Å². The first-order chi connectivity index (χ1) is 10.3. The van der Waals surface area contributed by atoms with Crippen molar-refractivity contribution in [2.75, 3.05) is 18.5 Å². The Morgan fingerprint density at radius 1 is 1.19 bits per heavy atom. The van der Waals surface area contributed by atoms with Crippen LogP contribution in [0, 0.1) is 5.92 Å². The molecule has 0 unspecified atom stereocenters. The Bertz CT molecular complexity index is 447. The fourth-order valence-corrected chi connectivity index (χ4v) is 4.38. The number of hydrogen-bond donors (Lipinski definition) is 1. The maximum atomic E-state index is 4.90. The van der Waals surface area contributed by atoms with Crippen molar-refractivity contribution in [3.63, 3.8) is 0 Å². The molecule has 2 saturated carbocycles. The van der Waals surface area contributed by atoms with Gasteiger partial charge in [-0.2, -0.15) is 0 Å². The molecule has 1 N–H and O–H groups in total. The highest BCUT2D eigenvalue weighted by Crippen LogP contribution is 2.30. The number of thiazole rings is 1. The summed E-state index contributed by atoms with van der Waals surface area (Å²) >= 11 is 1.90. The normalized spacial score (nSPS) is 19.9. The van der Waals surface area contributed by atoms with Crippen LogP contribution in [0.2, 0.25) is 0 Å².